The van der Waals surface area contributed by atoms with Gasteiger partial charge in [-0.3, -0.25) is 14.9 Å². The fourth-order valence-electron chi connectivity index (χ4n) is 3.18. The standard InChI is InChI=1S/C24H25BrN2O6/c1-5-14(3)33-21-17(25)12-15(13-20(21)31-4)11-16-22(28)26-24(30)27(23(16)29)18-9-7-8-10-19(18)32-6-2/h7-14H,5-6H2,1-4H3,(H,26,28,30)/b16-11+/t14-/m1/s1. The minimum Gasteiger partial charge on any atom is -0.493 e. The van der Waals surface area contributed by atoms with Gasteiger partial charge >= 0.3 is 6.03 Å². The molecule has 0 spiro atoms. The van der Waals surface area contributed by atoms with Gasteiger partial charge in [0.15, 0.2) is 11.5 Å². The summed E-state index contributed by atoms with van der Waals surface area (Å²) in [4.78, 5) is 39.2. The lowest BCUT2D eigenvalue weighted by molar-refractivity contribution is -0.122. The average molecular weight is 517 g/mol. The summed E-state index contributed by atoms with van der Waals surface area (Å²) in [6, 6.07) is 9.16. The summed E-state index contributed by atoms with van der Waals surface area (Å²) >= 11 is 3.48. The Morgan fingerprint density at radius 3 is 2.52 bits per heavy atom. The minimum absolute atomic E-state index is 0.0323. The number of nitrogens with one attached hydrogen (secondary N) is 1. The van der Waals surface area contributed by atoms with E-state index in [2.05, 4.69) is 21.2 Å². The first-order chi connectivity index (χ1) is 15.8. The van der Waals surface area contributed by atoms with Crippen molar-refractivity contribution >= 4 is 45.5 Å². The minimum atomic E-state index is -0.842. The summed E-state index contributed by atoms with van der Waals surface area (Å²) in [5.41, 5.74) is 0.558. The second kappa shape index (κ2) is 10.5. The summed E-state index contributed by atoms with van der Waals surface area (Å²) in [6.07, 6.45) is 2.18. The number of barbiturate groups is 1. The van der Waals surface area contributed by atoms with E-state index >= 15 is 0 Å². The molecule has 1 atom stereocenters. The highest BCUT2D eigenvalue weighted by molar-refractivity contribution is 9.10. The van der Waals surface area contributed by atoms with E-state index < -0.39 is 17.8 Å². The largest absolute Gasteiger partial charge is 0.493 e. The number of urea groups is 1. The van der Waals surface area contributed by atoms with Crippen molar-refractivity contribution in [3.63, 3.8) is 0 Å². The molecule has 0 bridgehead atoms. The van der Waals surface area contributed by atoms with Gasteiger partial charge in [0.1, 0.15) is 11.3 Å². The molecule has 1 aliphatic heterocycles. The zero-order valence-corrected chi connectivity index (χ0v) is 20.4. The maximum absolute atomic E-state index is 13.3. The van der Waals surface area contributed by atoms with Crippen LogP contribution in [0.25, 0.3) is 6.08 Å². The van der Waals surface area contributed by atoms with E-state index in [0.29, 0.717) is 33.9 Å². The quantitative estimate of drug-likeness (QED) is 0.403. The van der Waals surface area contributed by atoms with Gasteiger partial charge in [-0.2, -0.15) is 0 Å². The smallest absolute Gasteiger partial charge is 0.336 e. The van der Waals surface area contributed by atoms with Gasteiger partial charge < -0.3 is 14.2 Å². The number of ether oxygens (including phenoxy) is 3. The number of carbonyl (C=O) groups excluding carboxylic acids is 3. The van der Waals surface area contributed by atoms with Gasteiger partial charge in [-0.25, -0.2) is 9.69 Å². The number of imide groups is 2. The normalized spacial score (nSPS) is 16.0. The Morgan fingerprint density at radius 2 is 1.85 bits per heavy atom. The number of amides is 4. The van der Waals surface area contributed by atoms with Crippen LogP contribution in [0.3, 0.4) is 0 Å². The Balaban J connectivity index is 2.03. The molecule has 0 saturated carbocycles. The predicted molar refractivity (Wildman–Crippen MR) is 128 cm³/mol. The number of anilines is 1. The number of nitrogens with zero attached hydrogens (tertiary/aromatic N) is 1. The van der Waals surface area contributed by atoms with Gasteiger partial charge in [-0.1, -0.05) is 19.1 Å². The molecule has 0 aromatic heterocycles. The van der Waals surface area contributed by atoms with E-state index in [9.17, 15) is 14.4 Å². The molecule has 0 radical (unpaired) electrons. The summed E-state index contributed by atoms with van der Waals surface area (Å²) in [5.74, 6) is -0.227. The van der Waals surface area contributed by atoms with E-state index in [4.69, 9.17) is 14.2 Å². The number of benzene rings is 2. The molecule has 1 fully saturated rings. The van der Waals surface area contributed by atoms with Crippen LogP contribution < -0.4 is 24.4 Å². The van der Waals surface area contributed by atoms with Crippen LogP contribution in [0.2, 0.25) is 0 Å². The third kappa shape index (κ3) is 5.19. The molecule has 2 aromatic carbocycles. The lowest BCUT2D eigenvalue weighted by atomic mass is 10.1. The number of para-hydroxylation sites is 2. The Kier molecular flexibility index (Phi) is 7.75. The first-order valence-electron chi connectivity index (χ1n) is 10.5. The average Bonchev–Trinajstić information content (AvgIpc) is 2.79. The molecule has 9 heteroatoms. The van der Waals surface area contributed by atoms with E-state index in [-0.39, 0.29) is 17.4 Å². The Bertz CT molecular complexity index is 1110. The lowest BCUT2D eigenvalue weighted by Crippen LogP contribution is -2.54. The van der Waals surface area contributed by atoms with Crippen molar-refractivity contribution in [2.75, 3.05) is 18.6 Å². The predicted octanol–water partition coefficient (Wildman–Crippen LogP) is 4.70. The number of methoxy groups -OCH3 is 1. The van der Waals surface area contributed by atoms with Crippen LogP contribution in [0.1, 0.15) is 32.8 Å². The molecule has 174 valence electrons. The monoisotopic (exact) mass is 516 g/mol. The van der Waals surface area contributed by atoms with Crippen LogP contribution >= 0.6 is 15.9 Å². The van der Waals surface area contributed by atoms with Crippen molar-refractivity contribution < 1.29 is 28.6 Å². The Hall–Kier alpha value is -3.33. The Morgan fingerprint density at radius 1 is 1.12 bits per heavy atom. The summed E-state index contributed by atoms with van der Waals surface area (Å²) in [6.45, 7) is 6.09. The molecule has 0 unspecified atom stereocenters. The van der Waals surface area contributed by atoms with Crippen molar-refractivity contribution in [1.82, 2.24) is 5.32 Å². The van der Waals surface area contributed by atoms with Crippen LogP contribution in [-0.2, 0) is 9.59 Å². The van der Waals surface area contributed by atoms with Gasteiger partial charge in [0.25, 0.3) is 11.8 Å². The van der Waals surface area contributed by atoms with E-state index in [1.54, 1.807) is 43.3 Å². The highest BCUT2D eigenvalue weighted by Gasteiger charge is 2.38. The second-order valence-corrected chi connectivity index (χ2v) is 8.08. The van der Waals surface area contributed by atoms with Crippen molar-refractivity contribution in [2.45, 2.75) is 33.3 Å². The number of carbonyl (C=O) groups is 3. The number of hydrogen-bond acceptors (Lipinski definition) is 6. The van der Waals surface area contributed by atoms with Crippen LogP contribution in [0.4, 0.5) is 10.5 Å². The molecule has 33 heavy (non-hydrogen) atoms. The first kappa shape index (κ1) is 24.3. The zero-order valence-electron chi connectivity index (χ0n) is 18.8. The summed E-state index contributed by atoms with van der Waals surface area (Å²) in [5, 5.41) is 2.22. The highest BCUT2D eigenvalue weighted by Crippen LogP contribution is 2.38. The molecule has 4 amide bonds. The van der Waals surface area contributed by atoms with Crippen LogP contribution in [-0.4, -0.2) is 37.7 Å². The van der Waals surface area contributed by atoms with Gasteiger partial charge in [0.05, 0.1) is 30.0 Å². The molecule has 0 aliphatic carbocycles. The van der Waals surface area contributed by atoms with E-state index in [1.165, 1.54) is 13.2 Å². The third-order valence-electron chi connectivity index (χ3n) is 4.96. The molecule has 1 N–H and O–H groups in total. The third-order valence-corrected chi connectivity index (χ3v) is 5.55. The maximum Gasteiger partial charge on any atom is 0.336 e. The van der Waals surface area contributed by atoms with Crippen molar-refractivity contribution in [2.24, 2.45) is 0 Å². The van der Waals surface area contributed by atoms with Crippen LogP contribution in [0, 0.1) is 0 Å². The number of halogens is 1. The van der Waals surface area contributed by atoms with Crippen LogP contribution in [0.15, 0.2) is 46.4 Å². The SMILES string of the molecule is CCOc1ccccc1N1C(=O)NC(=O)/C(=C\c2cc(Br)c(O[C@H](C)CC)c(OC)c2)C1=O. The zero-order chi connectivity index (χ0) is 24.1. The molecule has 1 saturated heterocycles. The first-order valence-corrected chi connectivity index (χ1v) is 11.3. The second-order valence-electron chi connectivity index (χ2n) is 7.23. The molecular formula is C24H25BrN2O6. The van der Waals surface area contributed by atoms with Crippen molar-refractivity contribution in [1.29, 1.82) is 0 Å². The fraction of sp³-hybridized carbons (Fsp3) is 0.292. The fourth-order valence-corrected chi connectivity index (χ4v) is 3.74. The molecule has 1 aliphatic rings. The summed E-state index contributed by atoms with van der Waals surface area (Å²) < 4.78 is 17.5. The number of hydrogen-bond donors (Lipinski definition) is 1. The van der Waals surface area contributed by atoms with Gasteiger partial charge in [-0.05, 0) is 72.1 Å². The molecule has 8 nitrogen and oxygen atoms in total. The van der Waals surface area contributed by atoms with Gasteiger partial charge in [-0.15, -0.1) is 0 Å². The summed E-state index contributed by atoms with van der Waals surface area (Å²) in [7, 11) is 1.51. The molecule has 2 aromatic rings. The van der Waals surface area contributed by atoms with Crippen LogP contribution in [0.5, 0.6) is 17.2 Å². The highest BCUT2D eigenvalue weighted by atomic mass is 79.9. The van der Waals surface area contributed by atoms with Gasteiger partial charge in [0, 0.05) is 0 Å². The number of rotatable bonds is 8. The van der Waals surface area contributed by atoms with Gasteiger partial charge in [0.2, 0.25) is 0 Å². The van der Waals surface area contributed by atoms with Crippen molar-refractivity contribution in [3.05, 3.63) is 52.0 Å². The van der Waals surface area contributed by atoms with E-state index in [0.717, 1.165) is 11.3 Å². The topological polar surface area (TPSA) is 94.2 Å². The van der Waals surface area contributed by atoms with E-state index in [1.807, 2.05) is 13.8 Å². The molecular weight excluding hydrogens is 492 g/mol. The maximum atomic E-state index is 13.3. The lowest BCUT2D eigenvalue weighted by Gasteiger charge is -2.27. The molecule has 1 heterocycles. The Labute approximate surface area is 200 Å². The van der Waals surface area contributed by atoms with Crippen molar-refractivity contribution in [3.8, 4) is 17.2 Å². The molecule has 3 rings (SSSR count).